The van der Waals surface area contributed by atoms with Gasteiger partial charge in [-0.3, -0.25) is 67.1 Å². The van der Waals surface area contributed by atoms with Crippen LogP contribution in [0.2, 0.25) is 0 Å². The van der Waals surface area contributed by atoms with Crippen molar-refractivity contribution in [3.05, 3.63) is 0 Å². The van der Waals surface area contributed by atoms with Gasteiger partial charge in [0.25, 0.3) is 0 Å². The quantitative estimate of drug-likeness (QED) is 0.294. The summed E-state index contributed by atoms with van der Waals surface area (Å²) in [6, 6.07) is 0. The lowest BCUT2D eigenvalue weighted by Gasteiger charge is -2.30. The van der Waals surface area contributed by atoms with E-state index in [-0.39, 0.29) is 0 Å². The van der Waals surface area contributed by atoms with Crippen LogP contribution in [-0.4, -0.2) is 31.2 Å². The van der Waals surface area contributed by atoms with E-state index in [0.29, 0.717) is 0 Å². The third-order valence-electron chi connectivity index (χ3n) is 2.29. The number of hydrogen-bond acceptors (Lipinski definition) is 0. The first-order valence-corrected chi connectivity index (χ1v) is 8.13. The Bertz CT molecular complexity index is 111. The summed E-state index contributed by atoms with van der Waals surface area (Å²) in [6.45, 7) is 10.5. The van der Waals surface area contributed by atoms with Crippen molar-refractivity contribution >= 4 is 67.1 Å². The van der Waals surface area contributed by atoms with Gasteiger partial charge in [-0.1, -0.05) is 0 Å². The van der Waals surface area contributed by atoms with E-state index in [4.69, 9.17) is 0 Å². The van der Waals surface area contributed by atoms with Gasteiger partial charge in [0, 0.05) is 0 Å². The second kappa shape index (κ2) is 8.31. The molecule has 0 aliphatic heterocycles. The topological polar surface area (TPSA) is 0 Å². The Morgan fingerprint density at radius 3 is 1.15 bits per heavy atom. The highest BCUT2D eigenvalue weighted by molar-refractivity contribution is 14.4. The van der Waals surface area contributed by atoms with Crippen molar-refractivity contribution in [3.63, 3.8) is 0 Å². The fraction of sp³-hybridized carbons (Fsp3) is 1.00. The van der Waals surface area contributed by atoms with Crippen LogP contribution in [0.5, 0.6) is 0 Å². The highest BCUT2D eigenvalue weighted by atomic mass is 127. The van der Waals surface area contributed by atoms with Gasteiger partial charge in [-0.05, 0) is 20.8 Å². The Labute approximate surface area is 122 Å². The molecule has 0 atom stereocenters. The fourth-order valence-electron chi connectivity index (χ4n) is 0.671. The lowest BCUT2D eigenvalue weighted by atomic mass is 10.4. The summed E-state index contributed by atoms with van der Waals surface area (Å²) in [5.41, 5.74) is 0. The molecule has 0 amide bonds. The molecule has 0 spiro atoms. The van der Waals surface area contributed by atoms with E-state index in [9.17, 15) is 4.32 Å². The van der Waals surface area contributed by atoms with Gasteiger partial charge in [0.05, 0.1) is 26.7 Å². The Morgan fingerprint density at radius 2 is 1.15 bits per heavy atom. The first kappa shape index (κ1) is 17.5. The molecule has 0 aromatic heterocycles. The molecule has 0 unspecified atom stereocenters. The molecule has 0 aliphatic rings. The molecule has 0 radical (unpaired) electrons. The third kappa shape index (κ3) is 16.8. The minimum Gasteiger partial charge on any atom is -0.478 e. The Morgan fingerprint density at radius 1 is 1.00 bits per heavy atom. The molecule has 0 bridgehead atoms. The van der Waals surface area contributed by atoms with E-state index in [1.54, 1.807) is 67.1 Å². The van der Waals surface area contributed by atoms with Gasteiger partial charge in [-0.25, -0.2) is 0 Å². The summed E-state index contributed by atoms with van der Waals surface area (Å²) in [4.78, 5) is 0. The third-order valence-corrected chi connectivity index (χ3v) is 2.29. The molecular weight excluding hydrogens is 509 g/mol. The average Bonchev–Trinajstić information content (AvgIpc) is 2.00. The molecule has 13 heavy (non-hydrogen) atoms. The molecule has 0 rings (SSSR count). The molecule has 0 heterocycles. The summed E-state index contributed by atoms with van der Waals surface area (Å²) in [5, 5.41) is 0. The van der Waals surface area contributed by atoms with Gasteiger partial charge in [-0.15, -0.1) is 0 Å². The highest BCUT2D eigenvalue weighted by Gasteiger charge is 2.10. The largest absolute Gasteiger partial charge is 0.478 e. The molecule has 0 saturated heterocycles. The van der Waals surface area contributed by atoms with Crippen molar-refractivity contribution in [1.29, 1.82) is 0 Å². The summed E-state index contributed by atoms with van der Waals surface area (Å²) in [7, 11) is 2.29. The van der Waals surface area contributed by atoms with Crippen LogP contribution >= 0.6 is 67.1 Å². The highest BCUT2D eigenvalue weighted by Crippen LogP contribution is 2.29. The van der Waals surface area contributed by atoms with E-state index in [0.717, 1.165) is 0 Å². The predicted molar refractivity (Wildman–Crippen MR) is 86.7 cm³/mol. The smallest absolute Gasteiger partial charge is 0.325 e. The number of nitrogens with zero attached hydrogens (tertiary/aromatic N) is 1. The van der Waals surface area contributed by atoms with Gasteiger partial charge < -0.3 is 8.80 Å². The van der Waals surface area contributed by atoms with Crippen LogP contribution in [-0.2, 0) is 0 Å². The van der Waals surface area contributed by atoms with Gasteiger partial charge in [0.15, 0.2) is 0 Å². The number of hydrogen-bond donors (Lipinski definition) is 0. The van der Waals surface area contributed by atoms with Gasteiger partial charge in [-0.2, -0.15) is 0 Å². The van der Waals surface area contributed by atoms with Crippen LogP contribution in [0.4, 0.5) is 4.32 Å². The van der Waals surface area contributed by atoms with Crippen LogP contribution in [0.1, 0.15) is 20.8 Å². The van der Waals surface area contributed by atoms with E-state index < -0.39 is -0.00760 Å². The van der Waals surface area contributed by atoms with Crippen molar-refractivity contribution in [1.82, 2.24) is 0 Å². The first-order chi connectivity index (χ1) is 5.68. The summed E-state index contributed by atoms with van der Waals surface area (Å²) < 4.78 is 11.3. The maximum atomic E-state index is 11.7. The number of halogens is 4. The summed E-state index contributed by atoms with van der Waals surface area (Å²) >= 11 is 5.24. The molecule has 0 saturated carbocycles. The number of quaternary nitrogens is 1. The zero-order valence-electron chi connectivity index (χ0n) is 8.66. The molecule has 0 aromatic rings. The molecule has 1 nitrogen and oxygen atoms in total. The normalized spacial score (nSPS) is 12.0. The van der Waals surface area contributed by atoms with Gasteiger partial charge in [0.2, 0.25) is 0 Å². The maximum Gasteiger partial charge on any atom is 0.325 e. The van der Waals surface area contributed by atoms with Crippen molar-refractivity contribution in [2.45, 2.75) is 20.8 Å². The van der Waals surface area contributed by atoms with Crippen molar-refractivity contribution in [2.75, 3.05) is 26.7 Å². The SMILES string of the molecule is CC[N+](C)(CC)CC.F[B-](I)(I)I. The Kier molecular flexibility index (Phi) is 11.2. The van der Waals surface area contributed by atoms with E-state index in [1.807, 2.05) is 0 Å². The zero-order chi connectivity index (χ0) is 11.1. The van der Waals surface area contributed by atoms with Gasteiger partial charge in [0.1, 0.15) is 0 Å². The van der Waals surface area contributed by atoms with Crippen LogP contribution in [0, 0.1) is 0 Å². The standard InChI is InChI=1S/C7H18N.BFI3/c1-5-8(4,6-2)7-3;2-1(3,4)5/h5-7H2,1-4H3;/q+1;-1. The second-order valence-corrected chi connectivity index (χ2v) is 15.4. The number of rotatable bonds is 3. The van der Waals surface area contributed by atoms with Crippen LogP contribution in [0.3, 0.4) is 0 Å². The van der Waals surface area contributed by atoms with Crippen molar-refractivity contribution < 1.29 is 8.80 Å². The lowest BCUT2D eigenvalue weighted by Crippen LogP contribution is -2.42. The molecule has 6 heteroatoms. The average molecular weight is 527 g/mol. The van der Waals surface area contributed by atoms with E-state index in [1.165, 1.54) is 24.1 Å². The second-order valence-electron chi connectivity index (χ2n) is 3.06. The van der Waals surface area contributed by atoms with Gasteiger partial charge >= 0.3 is -0.00760 Å². The molecule has 82 valence electrons. The first-order valence-electron chi connectivity index (χ1n) is 4.39. The van der Waals surface area contributed by atoms with E-state index in [2.05, 4.69) is 27.8 Å². The van der Waals surface area contributed by atoms with Crippen LogP contribution < -0.4 is 0 Å². The van der Waals surface area contributed by atoms with Crippen molar-refractivity contribution in [2.24, 2.45) is 0 Å². The molecule has 0 aromatic carbocycles. The Balaban J connectivity index is 0. The lowest BCUT2D eigenvalue weighted by molar-refractivity contribution is -0.904. The summed E-state index contributed by atoms with van der Waals surface area (Å²) in [5.74, 6) is 0. The minimum absolute atomic E-state index is 1.21. The Hall–Kier alpha value is 2.14. The molecule has 0 aliphatic carbocycles. The van der Waals surface area contributed by atoms with Crippen LogP contribution in [0.25, 0.3) is 0 Å². The minimum atomic E-state index is -1.59. The fourth-order valence-corrected chi connectivity index (χ4v) is 0.671. The molecular formula is C7H18BFI3N. The van der Waals surface area contributed by atoms with Crippen molar-refractivity contribution in [3.8, 4) is 0 Å². The molecule has 0 fully saturated rings. The monoisotopic (exact) mass is 527 g/mol. The predicted octanol–water partition coefficient (Wildman–Crippen LogP) is 4.19. The van der Waals surface area contributed by atoms with E-state index >= 15 is 0 Å². The summed E-state index contributed by atoms with van der Waals surface area (Å²) in [6.07, 6.45) is 0. The maximum absolute atomic E-state index is 11.7. The molecule has 0 N–H and O–H groups in total. The zero-order valence-corrected chi connectivity index (χ0v) is 15.1. The van der Waals surface area contributed by atoms with Crippen LogP contribution in [0.15, 0.2) is 0 Å².